The summed E-state index contributed by atoms with van der Waals surface area (Å²) in [6.45, 7) is 6.86. The van der Waals surface area contributed by atoms with Crippen molar-refractivity contribution >= 4 is 17.5 Å². The molecule has 2 rings (SSSR count). The van der Waals surface area contributed by atoms with Crippen LogP contribution in [0.15, 0.2) is 24.3 Å². The zero-order chi connectivity index (χ0) is 15.3. The lowest BCUT2D eigenvalue weighted by Gasteiger charge is -2.28. The first kappa shape index (κ1) is 16.3. The SMILES string of the molecule is CC(C)(CNC(=O)C1CNCCO1)Cc1cccc(Cl)c1. The van der Waals surface area contributed by atoms with Gasteiger partial charge in [-0.3, -0.25) is 4.79 Å². The Bertz CT molecular complexity index is 485. The molecule has 0 saturated carbocycles. The van der Waals surface area contributed by atoms with E-state index in [9.17, 15) is 4.79 Å². The average molecular weight is 311 g/mol. The second-order valence-corrected chi connectivity index (χ2v) is 6.69. The molecule has 5 heteroatoms. The van der Waals surface area contributed by atoms with Crippen LogP contribution in [0.25, 0.3) is 0 Å². The summed E-state index contributed by atoms with van der Waals surface area (Å²) in [7, 11) is 0. The highest BCUT2D eigenvalue weighted by Crippen LogP contribution is 2.22. The molecule has 0 aliphatic carbocycles. The summed E-state index contributed by atoms with van der Waals surface area (Å²) in [6, 6.07) is 7.85. The summed E-state index contributed by atoms with van der Waals surface area (Å²) in [5.74, 6) is -0.0404. The van der Waals surface area contributed by atoms with E-state index in [1.54, 1.807) is 0 Å². The first-order valence-electron chi connectivity index (χ1n) is 7.31. The Morgan fingerprint density at radius 3 is 3.00 bits per heavy atom. The lowest BCUT2D eigenvalue weighted by molar-refractivity contribution is -0.134. The van der Waals surface area contributed by atoms with E-state index in [-0.39, 0.29) is 17.4 Å². The van der Waals surface area contributed by atoms with Gasteiger partial charge in [0.2, 0.25) is 5.91 Å². The minimum Gasteiger partial charge on any atom is -0.366 e. The largest absolute Gasteiger partial charge is 0.366 e. The van der Waals surface area contributed by atoms with Crippen molar-refractivity contribution in [3.05, 3.63) is 34.9 Å². The van der Waals surface area contributed by atoms with E-state index >= 15 is 0 Å². The molecule has 1 heterocycles. The van der Waals surface area contributed by atoms with Crippen LogP contribution in [-0.4, -0.2) is 38.3 Å². The Kier molecular flexibility index (Phi) is 5.62. The normalized spacial score (nSPS) is 19.3. The topological polar surface area (TPSA) is 50.4 Å². The predicted octanol–water partition coefficient (Wildman–Crippen LogP) is 2.01. The third-order valence-electron chi connectivity index (χ3n) is 3.53. The summed E-state index contributed by atoms with van der Waals surface area (Å²) < 4.78 is 5.45. The van der Waals surface area contributed by atoms with Gasteiger partial charge in [0.15, 0.2) is 0 Å². The van der Waals surface area contributed by atoms with Crippen LogP contribution in [-0.2, 0) is 16.0 Å². The number of hydrogen-bond donors (Lipinski definition) is 2. The monoisotopic (exact) mass is 310 g/mol. The highest BCUT2D eigenvalue weighted by Gasteiger charge is 2.25. The maximum Gasteiger partial charge on any atom is 0.250 e. The summed E-state index contributed by atoms with van der Waals surface area (Å²) in [5.41, 5.74) is 1.14. The van der Waals surface area contributed by atoms with Crippen molar-refractivity contribution in [2.75, 3.05) is 26.2 Å². The predicted molar refractivity (Wildman–Crippen MR) is 84.6 cm³/mol. The van der Waals surface area contributed by atoms with Gasteiger partial charge < -0.3 is 15.4 Å². The van der Waals surface area contributed by atoms with Crippen molar-refractivity contribution in [3.63, 3.8) is 0 Å². The Morgan fingerprint density at radius 1 is 1.52 bits per heavy atom. The van der Waals surface area contributed by atoms with Gasteiger partial charge in [-0.05, 0) is 29.5 Å². The molecule has 4 nitrogen and oxygen atoms in total. The van der Waals surface area contributed by atoms with Gasteiger partial charge in [0.05, 0.1) is 6.61 Å². The summed E-state index contributed by atoms with van der Waals surface area (Å²) in [5, 5.41) is 6.89. The molecule has 1 aromatic rings. The number of carbonyl (C=O) groups excluding carboxylic acids is 1. The summed E-state index contributed by atoms with van der Waals surface area (Å²) in [6.07, 6.45) is 0.484. The smallest absolute Gasteiger partial charge is 0.250 e. The fraction of sp³-hybridized carbons (Fsp3) is 0.562. The lowest BCUT2D eigenvalue weighted by Crippen LogP contribution is -2.49. The molecular weight excluding hydrogens is 288 g/mol. The van der Waals surface area contributed by atoms with Crippen LogP contribution in [0.5, 0.6) is 0 Å². The van der Waals surface area contributed by atoms with Gasteiger partial charge in [-0.25, -0.2) is 0 Å². The minimum atomic E-state index is -0.374. The first-order chi connectivity index (χ1) is 9.96. The molecule has 0 radical (unpaired) electrons. The molecule has 1 atom stereocenters. The highest BCUT2D eigenvalue weighted by molar-refractivity contribution is 6.30. The number of benzene rings is 1. The van der Waals surface area contributed by atoms with Gasteiger partial charge in [0.25, 0.3) is 0 Å². The van der Waals surface area contributed by atoms with Crippen LogP contribution in [0.4, 0.5) is 0 Å². The number of morpholine rings is 1. The molecule has 0 bridgehead atoms. The van der Waals surface area contributed by atoms with Gasteiger partial charge in [0, 0.05) is 24.7 Å². The van der Waals surface area contributed by atoms with Gasteiger partial charge in [-0.15, -0.1) is 0 Å². The molecule has 1 fully saturated rings. The summed E-state index contributed by atoms with van der Waals surface area (Å²) >= 11 is 6.01. The Morgan fingerprint density at radius 2 is 2.33 bits per heavy atom. The van der Waals surface area contributed by atoms with Crippen LogP contribution >= 0.6 is 11.6 Å². The molecule has 1 aliphatic heterocycles. The number of ether oxygens (including phenoxy) is 1. The standard InChI is InChI=1S/C16H23ClN2O2/c1-16(2,9-12-4-3-5-13(17)8-12)11-19-15(20)14-10-18-6-7-21-14/h3-5,8,14,18H,6-7,9-11H2,1-2H3,(H,19,20). The molecule has 21 heavy (non-hydrogen) atoms. The number of carbonyl (C=O) groups is 1. The van der Waals surface area contributed by atoms with Gasteiger partial charge in [-0.2, -0.15) is 0 Å². The van der Waals surface area contributed by atoms with E-state index in [4.69, 9.17) is 16.3 Å². The quantitative estimate of drug-likeness (QED) is 0.875. The highest BCUT2D eigenvalue weighted by atomic mass is 35.5. The number of rotatable bonds is 5. The van der Waals surface area contributed by atoms with Gasteiger partial charge in [0.1, 0.15) is 6.10 Å². The van der Waals surface area contributed by atoms with Crippen molar-refractivity contribution in [1.29, 1.82) is 0 Å². The average Bonchev–Trinajstić information content (AvgIpc) is 2.45. The zero-order valence-corrected chi connectivity index (χ0v) is 13.4. The Balaban J connectivity index is 1.84. The van der Waals surface area contributed by atoms with E-state index in [2.05, 4.69) is 30.5 Å². The van der Waals surface area contributed by atoms with Crippen LogP contribution < -0.4 is 10.6 Å². The number of halogens is 1. The third kappa shape index (κ3) is 5.30. The molecule has 0 spiro atoms. The summed E-state index contributed by atoms with van der Waals surface area (Å²) in [4.78, 5) is 12.1. The first-order valence-corrected chi connectivity index (χ1v) is 7.69. The van der Waals surface area contributed by atoms with Crippen LogP contribution in [0, 0.1) is 5.41 Å². The van der Waals surface area contributed by atoms with E-state index in [0.29, 0.717) is 19.7 Å². The number of hydrogen-bond acceptors (Lipinski definition) is 3. The van der Waals surface area contributed by atoms with Crippen molar-refractivity contribution < 1.29 is 9.53 Å². The molecule has 1 saturated heterocycles. The lowest BCUT2D eigenvalue weighted by atomic mass is 9.85. The maximum atomic E-state index is 12.1. The van der Waals surface area contributed by atoms with E-state index in [1.807, 2.05) is 18.2 Å². The molecule has 1 aromatic carbocycles. The van der Waals surface area contributed by atoms with Crippen molar-refractivity contribution in [2.24, 2.45) is 5.41 Å². The molecule has 116 valence electrons. The third-order valence-corrected chi connectivity index (χ3v) is 3.77. The Hall–Kier alpha value is -1.10. The van der Waals surface area contributed by atoms with Gasteiger partial charge >= 0.3 is 0 Å². The van der Waals surface area contributed by atoms with Crippen LogP contribution in [0.2, 0.25) is 5.02 Å². The van der Waals surface area contributed by atoms with E-state index in [0.717, 1.165) is 18.0 Å². The molecule has 1 unspecified atom stereocenters. The van der Waals surface area contributed by atoms with Crippen molar-refractivity contribution in [2.45, 2.75) is 26.4 Å². The maximum absolute atomic E-state index is 12.1. The second kappa shape index (κ2) is 7.25. The molecule has 1 aliphatic rings. The van der Waals surface area contributed by atoms with E-state index < -0.39 is 0 Å². The minimum absolute atomic E-state index is 0.0392. The molecule has 1 amide bonds. The van der Waals surface area contributed by atoms with Crippen molar-refractivity contribution in [3.8, 4) is 0 Å². The van der Waals surface area contributed by atoms with Crippen LogP contribution in [0.1, 0.15) is 19.4 Å². The molecule has 0 aromatic heterocycles. The van der Waals surface area contributed by atoms with Crippen LogP contribution in [0.3, 0.4) is 0 Å². The zero-order valence-electron chi connectivity index (χ0n) is 12.6. The fourth-order valence-corrected chi connectivity index (χ4v) is 2.65. The molecule has 2 N–H and O–H groups in total. The second-order valence-electron chi connectivity index (χ2n) is 6.25. The fourth-order valence-electron chi connectivity index (χ4n) is 2.44. The van der Waals surface area contributed by atoms with E-state index in [1.165, 1.54) is 5.56 Å². The van der Waals surface area contributed by atoms with Crippen molar-refractivity contribution in [1.82, 2.24) is 10.6 Å². The van der Waals surface area contributed by atoms with Gasteiger partial charge in [-0.1, -0.05) is 37.6 Å². The Labute approximate surface area is 131 Å². The number of amides is 1. The molecular formula is C16H23ClN2O2. The number of nitrogens with one attached hydrogen (secondary N) is 2.